The summed E-state index contributed by atoms with van der Waals surface area (Å²) in [5, 5.41) is 4.53. The van der Waals surface area contributed by atoms with Gasteiger partial charge in [0.1, 0.15) is 6.04 Å². The zero-order valence-corrected chi connectivity index (χ0v) is 17.9. The van der Waals surface area contributed by atoms with Crippen molar-refractivity contribution in [2.24, 2.45) is 0 Å². The van der Waals surface area contributed by atoms with Crippen LogP contribution in [0.5, 0.6) is 0 Å². The van der Waals surface area contributed by atoms with Gasteiger partial charge in [-0.1, -0.05) is 36.4 Å². The van der Waals surface area contributed by atoms with Crippen LogP contribution in [0, 0.1) is 0 Å². The lowest BCUT2D eigenvalue weighted by atomic mass is 10.1. The minimum atomic E-state index is -0.891. The number of hydrogen-bond donors (Lipinski definition) is 1. The fourth-order valence-corrected chi connectivity index (χ4v) is 4.01. The number of carbonyl (C=O) groups excluding carboxylic acids is 3. The lowest BCUT2D eigenvalue weighted by molar-refractivity contribution is -0.158. The van der Waals surface area contributed by atoms with Crippen molar-refractivity contribution in [3.05, 3.63) is 58.3 Å². The minimum absolute atomic E-state index is 0.0654. The molecule has 3 atom stereocenters. The quantitative estimate of drug-likeness (QED) is 0.681. The van der Waals surface area contributed by atoms with Crippen molar-refractivity contribution in [1.29, 1.82) is 0 Å². The minimum Gasteiger partial charge on any atom is -0.454 e. The van der Waals surface area contributed by atoms with Crippen molar-refractivity contribution < 1.29 is 23.9 Å². The molecule has 1 aromatic heterocycles. The summed E-state index contributed by atoms with van der Waals surface area (Å²) in [5.41, 5.74) is 0.882. The second kappa shape index (κ2) is 10.4. The molecular weight excluding hydrogens is 404 g/mol. The fourth-order valence-electron chi connectivity index (χ4n) is 3.39. The molecule has 8 heteroatoms. The van der Waals surface area contributed by atoms with Crippen molar-refractivity contribution >= 4 is 29.1 Å². The van der Waals surface area contributed by atoms with Crippen molar-refractivity contribution in [3.63, 3.8) is 0 Å². The van der Waals surface area contributed by atoms with E-state index in [4.69, 9.17) is 9.47 Å². The van der Waals surface area contributed by atoms with Gasteiger partial charge in [-0.15, -0.1) is 11.3 Å². The summed E-state index contributed by atoms with van der Waals surface area (Å²) in [7, 11) is 0. The molecule has 1 aromatic carbocycles. The molecule has 0 spiro atoms. The Hall–Kier alpha value is -2.71. The summed E-state index contributed by atoms with van der Waals surface area (Å²) in [6.07, 6.45) is 0.144. The molecule has 1 aliphatic rings. The van der Waals surface area contributed by atoms with Gasteiger partial charge in [-0.3, -0.25) is 9.59 Å². The van der Waals surface area contributed by atoms with Crippen LogP contribution in [0.25, 0.3) is 0 Å². The van der Waals surface area contributed by atoms with Gasteiger partial charge in [0.05, 0.1) is 17.1 Å². The van der Waals surface area contributed by atoms with E-state index in [2.05, 4.69) is 5.32 Å². The summed E-state index contributed by atoms with van der Waals surface area (Å²) >= 11 is 1.29. The molecule has 0 saturated carbocycles. The number of benzene rings is 1. The van der Waals surface area contributed by atoms with Crippen LogP contribution in [0.2, 0.25) is 0 Å². The topological polar surface area (TPSA) is 84.9 Å². The number of esters is 1. The molecule has 1 saturated heterocycles. The standard InChI is InChI=1S/C22H26N2O5S/c1-15-12-24(13-16(2)29-15)20(25)14-28-22(27)18(11-17-7-4-3-5-8-17)23-21(26)19-9-6-10-30-19/h3-10,15-16,18H,11-14H2,1-2H3,(H,23,26)/t15-,16+,18-/m0/s1. The Balaban J connectivity index is 1.62. The Morgan fingerprint density at radius 3 is 2.47 bits per heavy atom. The van der Waals surface area contributed by atoms with Crippen LogP contribution in [-0.2, 0) is 25.5 Å². The largest absolute Gasteiger partial charge is 0.454 e. The maximum atomic E-state index is 12.7. The number of hydrogen-bond acceptors (Lipinski definition) is 6. The second-order valence-electron chi connectivity index (χ2n) is 7.36. The normalized spacial score (nSPS) is 19.7. The maximum absolute atomic E-state index is 12.7. The SMILES string of the molecule is C[C@@H]1CN(C(=O)COC(=O)[C@H](Cc2ccccc2)NC(=O)c2cccs2)C[C@H](C)O1. The van der Waals surface area contributed by atoms with E-state index in [1.165, 1.54) is 11.3 Å². The van der Waals surface area contributed by atoms with E-state index in [0.717, 1.165) is 5.56 Å². The highest BCUT2D eigenvalue weighted by Crippen LogP contribution is 2.12. The highest BCUT2D eigenvalue weighted by Gasteiger charge is 2.28. The molecule has 2 amide bonds. The van der Waals surface area contributed by atoms with E-state index in [1.807, 2.05) is 44.2 Å². The van der Waals surface area contributed by atoms with Gasteiger partial charge in [-0.25, -0.2) is 4.79 Å². The van der Waals surface area contributed by atoms with E-state index in [0.29, 0.717) is 18.0 Å². The summed E-state index contributed by atoms with van der Waals surface area (Å²) in [6, 6.07) is 11.9. The van der Waals surface area contributed by atoms with E-state index >= 15 is 0 Å². The third-order valence-electron chi connectivity index (χ3n) is 4.73. The average Bonchev–Trinajstić information content (AvgIpc) is 3.26. The van der Waals surface area contributed by atoms with Crippen molar-refractivity contribution in [2.75, 3.05) is 19.7 Å². The van der Waals surface area contributed by atoms with E-state index in [-0.39, 0.29) is 37.0 Å². The summed E-state index contributed by atoms with van der Waals surface area (Å²) in [4.78, 5) is 39.9. The third-order valence-corrected chi connectivity index (χ3v) is 5.60. The smallest absolute Gasteiger partial charge is 0.329 e. The van der Waals surface area contributed by atoms with Crippen LogP contribution in [-0.4, -0.2) is 60.6 Å². The third kappa shape index (κ3) is 6.14. The first-order valence-electron chi connectivity index (χ1n) is 9.90. The van der Waals surface area contributed by atoms with E-state index in [9.17, 15) is 14.4 Å². The van der Waals surface area contributed by atoms with Crippen LogP contribution < -0.4 is 5.32 Å². The monoisotopic (exact) mass is 430 g/mol. The van der Waals surface area contributed by atoms with Gasteiger partial charge in [0, 0.05) is 19.5 Å². The van der Waals surface area contributed by atoms with Gasteiger partial charge >= 0.3 is 5.97 Å². The molecule has 0 unspecified atom stereocenters. The Bertz CT molecular complexity index is 846. The molecule has 2 aromatic rings. The van der Waals surface area contributed by atoms with Gasteiger partial charge in [0.15, 0.2) is 6.61 Å². The number of rotatable bonds is 7. The number of amides is 2. The Kier molecular flexibility index (Phi) is 7.59. The molecule has 1 fully saturated rings. The predicted molar refractivity (Wildman–Crippen MR) is 113 cm³/mol. The molecule has 160 valence electrons. The Morgan fingerprint density at radius 2 is 1.83 bits per heavy atom. The molecule has 30 heavy (non-hydrogen) atoms. The van der Waals surface area contributed by atoms with Gasteiger partial charge in [-0.05, 0) is 30.9 Å². The van der Waals surface area contributed by atoms with Crippen LogP contribution in [0.15, 0.2) is 47.8 Å². The fraction of sp³-hybridized carbons (Fsp3) is 0.409. The van der Waals surface area contributed by atoms with E-state index in [1.54, 1.807) is 22.4 Å². The van der Waals surface area contributed by atoms with Crippen LogP contribution in [0.1, 0.15) is 29.1 Å². The number of morpholine rings is 1. The van der Waals surface area contributed by atoms with Crippen molar-refractivity contribution in [1.82, 2.24) is 10.2 Å². The van der Waals surface area contributed by atoms with Crippen LogP contribution in [0.4, 0.5) is 0 Å². The number of carbonyl (C=O) groups is 3. The lowest BCUT2D eigenvalue weighted by Crippen LogP contribution is -2.50. The number of nitrogens with one attached hydrogen (secondary N) is 1. The first-order chi connectivity index (χ1) is 14.4. The first kappa shape index (κ1) is 22.0. The molecule has 1 aliphatic heterocycles. The zero-order chi connectivity index (χ0) is 21.5. The summed E-state index contributed by atoms with van der Waals surface area (Å²) < 4.78 is 10.9. The number of nitrogens with zero attached hydrogens (tertiary/aromatic N) is 1. The number of ether oxygens (including phenoxy) is 2. The van der Waals surface area contributed by atoms with Gasteiger partial charge in [-0.2, -0.15) is 0 Å². The maximum Gasteiger partial charge on any atom is 0.329 e. The van der Waals surface area contributed by atoms with Crippen LogP contribution >= 0.6 is 11.3 Å². The molecule has 0 bridgehead atoms. The molecule has 0 radical (unpaired) electrons. The average molecular weight is 431 g/mol. The molecule has 7 nitrogen and oxygen atoms in total. The molecule has 2 heterocycles. The van der Waals surface area contributed by atoms with E-state index < -0.39 is 12.0 Å². The molecular formula is C22H26N2O5S. The van der Waals surface area contributed by atoms with Gasteiger partial charge in [0.25, 0.3) is 11.8 Å². The van der Waals surface area contributed by atoms with Crippen molar-refractivity contribution in [2.45, 2.75) is 38.5 Å². The van der Waals surface area contributed by atoms with Gasteiger partial charge < -0.3 is 19.7 Å². The summed E-state index contributed by atoms with van der Waals surface area (Å²) in [6.45, 7) is 4.36. The van der Waals surface area contributed by atoms with Crippen molar-refractivity contribution in [3.8, 4) is 0 Å². The van der Waals surface area contributed by atoms with Gasteiger partial charge in [0.2, 0.25) is 0 Å². The summed E-state index contributed by atoms with van der Waals surface area (Å²) in [5.74, 6) is -1.25. The highest BCUT2D eigenvalue weighted by molar-refractivity contribution is 7.12. The molecule has 3 rings (SSSR count). The Labute approximate surface area is 180 Å². The number of thiophene rings is 1. The Morgan fingerprint density at radius 1 is 1.13 bits per heavy atom. The van der Waals surface area contributed by atoms with Crippen LogP contribution in [0.3, 0.4) is 0 Å². The molecule has 1 N–H and O–H groups in total. The second-order valence-corrected chi connectivity index (χ2v) is 8.30. The molecule has 0 aliphatic carbocycles. The lowest BCUT2D eigenvalue weighted by Gasteiger charge is -2.35. The predicted octanol–water partition coefficient (Wildman–Crippen LogP) is 2.27. The highest BCUT2D eigenvalue weighted by atomic mass is 32.1. The zero-order valence-electron chi connectivity index (χ0n) is 17.1. The first-order valence-corrected chi connectivity index (χ1v) is 10.8.